The highest BCUT2D eigenvalue weighted by Crippen LogP contribution is 2.17. The summed E-state index contributed by atoms with van der Waals surface area (Å²) < 4.78 is 20.8. The Labute approximate surface area is 143 Å². The largest absolute Gasteiger partial charge is 0.454 e. The quantitative estimate of drug-likeness (QED) is 0.776. The number of rotatable bonds is 5. The number of halogens is 1. The van der Waals surface area contributed by atoms with Gasteiger partial charge in [-0.25, -0.2) is 4.39 Å². The van der Waals surface area contributed by atoms with E-state index < -0.39 is 11.9 Å². The SMILES string of the molecule is CC(NC(=O)c1ccc(Cn2ccccc2=O)o1)c1ccccc1F. The molecule has 0 radical (unpaired) electrons. The molecule has 3 rings (SSSR count). The first-order valence-electron chi connectivity index (χ1n) is 7.84. The van der Waals surface area contributed by atoms with Gasteiger partial charge in [-0.1, -0.05) is 24.3 Å². The topological polar surface area (TPSA) is 64.2 Å². The van der Waals surface area contributed by atoms with Crippen molar-refractivity contribution in [3.05, 3.63) is 94.0 Å². The van der Waals surface area contributed by atoms with Crippen LogP contribution in [0.15, 0.2) is 70.0 Å². The van der Waals surface area contributed by atoms with Crippen molar-refractivity contribution in [2.45, 2.75) is 19.5 Å². The van der Waals surface area contributed by atoms with Crippen molar-refractivity contribution < 1.29 is 13.6 Å². The first-order chi connectivity index (χ1) is 12.0. The number of aromatic nitrogens is 1. The normalized spacial score (nSPS) is 11.9. The Hall–Kier alpha value is -3.15. The predicted octanol–water partition coefficient (Wildman–Crippen LogP) is 3.12. The summed E-state index contributed by atoms with van der Waals surface area (Å²) in [5.74, 6) is -0.222. The second-order valence-electron chi connectivity index (χ2n) is 5.65. The van der Waals surface area contributed by atoms with Gasteiger partial charge in [0.15, 0.2) is 5.76 Å². The molecule has 1 N–H and O–H groups in total. The molecule has 0 saturated carbocycles. The number of nitrogens with one attached hydrogen (secondary N) is 1. The average Bonchev–Trinajstić information content (AvgIpc) is 3.06. The van der Waals surface area contributed by atoms with Crippen molar-refractivity contribution >= 4 is 5.91 Å². The fourth-order valence-corrected chi connectivity index (χ4v) is 2.52. The Morgan fingerprint density at radius 2 is 1.92 bits per heavy atom. The molecule has 0 bridgehead atoms. The van der Waals surface area contributed by atoms with Gasteiger partial charge in [-0.05, 0) is 31.2 Å². The second-order valence-corrected chi connectivity index (χ2v) is 5.65. The number of carbonyl (C=O) groups excluding carboxylic acids is 1. The van der Waals surface area contributed by atoms with E-state index in [0.29, 0.717) is 11.3 Å². The van der Waals surface area contributed by atoms with E-state index in [1.165, 1.54) is 22.8 Å². The lowest BCUT2D eigenvalue weighted by atomic mass is 10.1. The molecular weight excluding hydrogens is 323 g/mol. The van der Waals surface area contributed by atoms with Crippen LogP contribution in [0.25, 0.3) is 0 Å². The lowest BCUT2D eigenvalue weighted by Crippen LogP contribution is -2.26. The van der Waals surface area contributed by atoms with Crippen LogP contribution in [-0.2, 0) is 6.54 Å². The number of amides is 1. The van der Waals surface area contributed by atoms with Crippen LogP contribution in [0.3, 0.4) is 0 Å². The molecule has 0 spiro atoms. The minimum absolute atomic E-state index is 0.113. The van der Waals surface area contributed by atoms with Crippen LogP contribution in [0.1, 0.15) is 34.8 Å². The monoisotopic (exact) mass is 340 g/mol. The highest BCUT2D eigenvalue weighted by atomic mass is 19.1. The molecule has 1 amide bonds. The second kappa shape index (κ2) is 7.17. The van der Waals surface area contributed by atoms with Crippen molar-refractivity contribution in [3.63, 3.8) is 0 Å². The van der Waals surface area contributed by atoms with E-state index in [9.17, 15) is 14.0 Å². The zero-order valence-electron chi connectivity index (χ0n) is 13.6. The van der Waals surface area contributed by atoms with Gasteiger partial charge in [-0.2, -0.15) is 0 Å². The third-order valence-electron chi connectivity index (χ3n) is 3.83. The molecule has 0 saturated heterocycles. The summed E-state index contributed by atoms with van der Waals surface area (Å²) >= 11 is 0. The maximum Gasteiger partial charge on any atom is 0.287 e. The molecule has 0 aliphatic rings. The first kappa shape index (κ1) is 16.7. The number of carbonyl (C=O) groups is 1. The van der Waals surface area contributed by atoms with Gasteiger partial charge in [-0.15, -0.1) is 0 Å². The molecular formula is C19H17FN2O3. The Balaban J connectivity index is 1.70. The minimum Gasteiger partial charge on any atom is -0.454 e. The highest BCUT2D eigenvalue weighted by Gasteiger charge is 2.17. The molecule has 1 unspecified atom stereocenters. The van der Waals surface area contributed by atoms with Crippen LogP contribution in [0.4, 0.5) is 4.39 Å². The summed E-state index contributed by atoms with van der Waals surface area (Å²) in [6, 6.07) is 13.8. The van der Waals surface area contributed by atoms with Gasteiger partial charge in [0.05, 0.1) is 12.6 Å². The van der Waals surface area contributed by atoms with Gasteiger partial charge in [0.1, 0.15) is 11.6 Å². The van der Waals surface area contributed by atoms with Crippen LogP contribution in [0.5, 0.6) is 0 Å². The molecule has 128 valence electrons. The third-order valence-corrected chi connectivity index (χ3v) is 3.83. The molecule has 0 aliphatic heterocycles. The summed E-state index contributed by atoms with van der Waals surface area (Å²) in [7, 11) is 0. The van der Waals surface area contributed by atoms with E-state index >= 15 is 0 Å². The highest BCUT2D eigenvalue weighted by molar-refractivity contribution is 5.91. The minimum atomic E-state index is -0.501. The Kier molecular flexibility index (Phi) is 4.79. The van der Waals surface area contributed by atoms with Gasteiger partial charge >= 0.3 is 0 Å². The van der Waals surface area contributed by atoms with E-state index in [2.05, 4.69) is 5.32 Å². The Bertz CT molecular complexity index is 945. The number of hydrogen-bond acceptors (Lipinski definition) is 3. The first-order valence-corrected chi connectivity index (χ1v) is 7.84. The Morgan fingerprint density at radius 3 is 2.68 bits per heavy atom. The fourth-order valence-electron chi connectivity index (χ4n) is 2.52. The molecule has 1 atom stereocenters. The summed E-state index contributed by atoms with van der Waals surface area (Å²) in [5.41, 5.74) is 0.247. The molecule has 0 aliphatic carbocycles. The molecule has 5 nitrogen and oxygen atoms in total. The molecule has 2 heterocycles. The summed E-state index contributed by atoms with van der Waals surface area (Å²) in [6.45, 7) is 1.93. The van der Waals surface area contributed by atoms with E-state index in [1.807, 2.05) is 0 Å². The zero-order chi connectivity index (χ0) is 17.8. The molecule has 25 heavy (non-hydrogen) atoms. The van der Waals surface area contributed by atoms with Crippen LogP contribution >= 0.6 is 0 Å². The van der Waals surface area contributed by atoms with E-state index in [1.54, 1.807) is 49.5 Å². The van der Waals surface area contributed by atoms with Crippen molar-refractivity contribution in [1.29, 1.82) is 0 Å². The van der Waals surface area contributed by atoms with E-state index in [0.717, 1.165) is 0 Å². The van der Waals surface area contributed by atoms with Crippen molar-refractivity contribution in [1.82, 2.24) is 9.88 Å². The van der Waals surface area contributed by atoms with Gasteiger partial charge in [0.25, 0.3) is 11.5 Å². The van der Waals surface area contributed by atoms with E-state index in [4.69, 9.17) is 4.42 Å². The number of pyridine rings is 1. The average molecular weight is 340 g/mol. The van der Waals surface area contributed by atoms with Gasteiger partial charge in [0, 0.05) is 17.8 Å². The third kappa shape index (κ3) is 3.85. The maximum absolute atomic E-state index is 13.8. The van der Waals surface area contributed by atoms with Crippen molar-refractivity contribution in [2.24, 2.45) is 0 Å². The van der Waals surface area contributed by atoms with Crippen LogP contribution < -0.4 is 10.9 Å². The molecule has 3 aromatic rings. The number of hydrogen-bond donors (Lipinski definition) is 1. The molecule has 0 fully saturated rings. The summed E-state index contributed by atoms with van der Waals surface area (Å²) in [6.07, 6.45) is 1.64. The Morgan fingerprint density at radius 1 is 1.16 bits per heavy atom. The maximum atomic E-state index is 13.8. The van der Waals surface area contributed by atoms with Gasteiger partial charge in [0.2, 0.25) is 0 Å². The predicted molar refractivity (Wildman–Crippen MR) is 90.8 cm³/mol. The zero-order valence-corrected chi connectivity index (χ0v) is 13.6. The van der Waals surface area contributed by atoms with E-state index in [-0.39, 0.29) is 23.7 Å². The van der Waals surface area contributed by atoms with Crippen molar-refractivity contribution in [2.75, 3.05) is 0 Å². The van der Waals surface area contributed by atoms with Crippen molar-refractivity contribution in [3.8, 4) is 0 Å². The summed E-state index contributed by atoms with van der Waals surface area (Å²) in [5, 5.41) is 2.70. The standard InChI is InChI=1S/C19H17FN2O3/c1-13(15-6-2-3-7-16(15)20)21-19(24)17-10-9-14(25-17)12-22-11-5-4-8-18(22)23/h2-11,13H,12H2,1H3,(H,21,24). The number of furan rings is 1. The molecule has 6 heteroatoms. The smallest absolute Gasteiger partial charge is 0.287 e. The number of nitrogens with zero attached hydrogens (tertiary/aromatic N) is 1. The number of benzene rings is 1. The lowest BCUT2D eigenvalue weighted by molar-refractivity contribution is 0.0909. The van der Waals surface area contributed by atoms with Crippen LogP contribution in [-0.4, -0.2) is 10.5 Å². The van der Waals surface area contributed by atoms with Crippen LogP contribution in [0.2, 0.25) is 0 Å². The lowest BCUT2D eigenvalue weighted by Gasteiger charge is -2.14. The summed E-state index contributed by atoms with van der Waals surface area (Å²) in [4.78, 5) is 24.0. The van der Waals surface area contributed by atoms with Gasteiger partial charge in [-0.3, -0.25) is 9.59 Å². The fraction of sp³-hybridized carbons (Fsp3) is 0.158. The van der Waals surface area contributed by atoms with Crippen LogP contribution in [0, 0.1) is 5.82 Å². The molecule has 1 aromatic carbocycles. The van der Waals surface area contributed by atoms with Gasteiger partial charge < -0.3 is 14.3 Å². The molecule has 2 aromatic heterocycles.